The Kier molecular flexibility index (Phi) is 10.8. The summed E-state index contributed by atoms with van der Waals surface area (Å²) in [5.41, 5.74) is 3.35. The van der Waals surface area contributed by atoms with Crippen LogP contribution in [0.5, 0.6) is 11.6 Å². The van der Waals surface area contributed by atoms with Crippen molar-refractivity contribution in [3.8, 4) is 11.6 Å². The van der Waals surface area contributed by atoms with E-state index >= 15 is 0 Å². The summed E-state index contributed by atoms with van der Waals surface area (Å²) in [5.74, 6) is -0.252. The Balaban J connectivity index is 1.16. The topological polar surface area (TPSA) is 136 Å². The van der Waals surface area contributed by atoms with Gasteiger partial charge in [-0.3, -0.25) is 14.4 Å². The summed E-state index contributed by atoms with van der Waals surface area (Å²) < 4.78 is 11.2. The van der Waals surface area contributed by atoms with Crippen molar-refractivity contribution in [1.29, 1.82) is 0 Å². The number of ether oxygens (including phenoxy) is 2. The van der Waals surface area contributed by atoms with Crippen molar-refractivity contribution in [2.75, 3.05) is 30.9 Å². The first-order valence-electron chi connectivity index (χ1n) is 14.6. The first kappa shape index (κ1) is 33.8. The van der Waals surface area contributed by atoms with Crippen LogP contribution in [-0.2, 0) is 16.2 Å². The molecule has 3 amide bonds. The number of methoxy groups -OCH3 is 1. The monoisotopic (exact) mass is 684 g/mol. The Hall–Kier alpha value is -5.52. The number of aryl methyl sites for hydroxylation is 1. The molecule has 5 rings (SSSR count). The summed E-state index contributed by atoms with van der Waals surface area (Å²) in [7, 11) is 2.98. The van der Waals surface area contributed by atoms with Crippen molar-refractivity contribution in [3.63, 3.8) is 0 Å². The van der Waals surface area contributed by atoms with Crippen LogP contribution in [0, 0.1) is 6.92 Å². The summed E-state index contributed by atoms with van der Waals surface area (Å²) in [6, 6.07) is 19.3. The van der Waals surface area contributed by atoms with E-state index in [9.17, 15) is 14.4 Å². The summed E-state index contributed by atoms with van der Waals surface area (Å²) >= 11 is 13.2. The first-order valence-corrected chi connectivity index (χ1v) is 15.3. The van der Waals surface area contributed by atoms with E-state index in [-0.39, 0.29) is 29.6 Å². The van der Waals surface area contributed by atoms with E-state index in [2.05, 4.69) is 25.6 Å². The molecule has 13 heteroatoms. The number of carbonyl (C=O) groups is 3. The zero-order valence-corrected chi connectivity index (χ0v) is 27.7. The molecule has 244 valence electrons. The zero-order chi connectivity index (χ0) is 34.2. The minimum Gasteiger partial charge on any atom is -0.487 e. The molecule has 0 spiro atoms. The molecule has 0 unspecified atom stereocenters. The molecule has 3 aromatic heterocycles. The van der Waals surface area contributed by atoms with Gasteiger partial charge in [0.1, 0.15) is 29.3 Å². The lowest BCUT2D eigenvalue weighted by molar-refractivity contribution is -0.122. The largest absolute Gasteiger partial charge is 0.487 e. The van der Waals surface area contributed by atoms with Crippen molar-refractivity contribution >= 4 is 69.4 Å². The fourth-order valence-electron chi connectivity index (χ4n) is 4.59. The number of rotatable bonds is 11. The van der Waals surface area contributed by atoms with Gasteiger partial charge < -0.3 is 25.0 Å². The molecular formula is C35H30Cl2N6O5. The quantitative estimate of drug-likeness (QED) is 0.155. The second kappa shape index (κ2) is 15.4. The van der Waals surface area contributed by atoms with Gasteiger partial charge in [-0.25, -0.2) is 15.0 Å². The number of para-hydroxylation sites is 1. The molecule has 0 aliphatic heterocycles. The number of fused-ring (bicyclic) bond motifs is 1. The Bertz CT molecular complexity index is 2020. The molecule has 0 aliphatic rings. The van der Waals surface area contributed by atoms with Crippen molar-refractivity contribution in [2.24, 2.45) is 0 Å². The summed E-state index contributed by atoms with van der Waals surface area (Å²) in [6.07, 6.45) is 5.81. The minimum absolute atomic E-state index is 0.0469. The molecule has 0 aliphatic carbocycles. The maximum absolute atomic E-state index is 13.0. The molecule has 0 saturated heterocycles. The smallest absolute Gasteiger partial charge is 0.262 e. The highest BCUT2D eigenvalue weighted by molar-refractivity contribution is 6.38. The second-order valence-electron chi connectivity index (χ2n) is 10.4. The van der Waals surface area contributed by atoms with E-state index in [4.69, 9.17) is 32.7 Å². The number of nitrogens with zero attached hydrogens (tertiary/aromatic N) is 4. The zero-order valence-electron chi connectivity index (χ0n) is 26.2. The van der Waals surface area contributed by atoms with Crippen molar-refractivity contribution in [2.45, 2.75) is 13.5 Å². The van der Waals surface area contributed by atoms with Crippen molar-refractivity contribution in [1.82, 2.24) is 20.3 Å². The molecule has 5 aromatic rings. The van der Waals surface area contributed by atoms with Gasteiger partial charge in [-0.2, -0.15) is 0 Å². The lowest BCUT2D eigenvalue weighted by Gasteiger charge is -2.21. The van der Waals surface area contributed by atoms with Gasteiger partial charge in [0.25, 0.3) is 5.91 Å². The number of benzene rings is 2. The van der Waals surface area contributed by atoms with Crippen molar-refractivity contribution < 1.29 is 23.9 Å². The average molecular weight is 686 g/mol. The van der Waals surface area contributed by atoms with Crippen LogP contribution in [0.3, 0.4) is 0 Å². The number of amides is 3. The Labute approximate surface area is 286 Å². The molecule has 48 heavy (non-hydrogen) atoms. The number of pyridine rings is 3. The van der Waals surface area contributed by atoms with E-state index in [1.807, 2.05) is 37.3 Å². The third kappa shape index (κ3) is 8.06. The summed E-state index contributed by atoms with van der Waals surface area (Å²) in [6.45, 7) is 1.67. The SMILES string of the molecule is COc1ncccc1C(=O)Nc1ccc(/C=C/C(=O)NCC(=O)N(C)c2ccc(Cl)c(COc3cccc4ccc(C)nc34)c2Cl)cn1. The molecule has 3 heterocycles. The highest BCUT2D eigenvalue weighted by Gasteiger charge is 2.19. The van der Waals surface area contributed by atoms with Gasteiger partial charge in [-0.15, -0.1) is 0 Å². The van der Waals surface area contributed by atoms with Crippen LogP contribution in [-0.4, -0.2) is 53.4 Å². The van der Waals surface area contributed by atoms with Gasteiger partial charge in [-0.05, 0) is 67.1 Å². The summed E-state index contributed by atoms with van der Waals surface area (Å²) in [4.78, 5) is 52.2. The fourth-order valence-corrected chi connectivity index (χ4v) is 5.20. The number of hydrogen-bond acceptors (Lipinski definition) is 8. The Morgan fingerprint density at radius 1 is 0.979 bits per heavy atom. The average Bonchev–Trinajstić information content (AvgIpc) is 3.10. The molecule has 0 atom stereocenters. The highest BCUT2D eigenvalue weighted by atomic mass is 35.5. The van der Waals surface area contributed by atoms with Gasteiger partial charge in [0.2, 0.25) is 17.7 Å². The number of nitrogens with one attached hydrogen (secondary N) is 2. The maximum Gasteiger partial charge on any atom is 0.262 e. The fraction of sp³-hybridized carbons (Fsp3) is 0.143. The number of carbonyl (C=O) groups excluding carboxylic acids is 3. The molecule has 0 bridgehead atoms. The van der Waals surface area contributed by atoms with Crippen LogP contribution in [0.2, 0.25) is 10.0 Å². The first-order chi connectivity index (χ1) is 23.1. The predicted molar refractivity (Wildman–Crippen MR) is 186 cm³/mol. The molecular weight excluding hydrogens is 655 g/mol. The van der Waals surface area contributed by atoms with E-state index in [0.29, 0.717) is 33.4 Å². The molecule has 11 nitrogen and oxygen atoms in total. The number of likely N-dealkylation sites (N-methyl/N-ethyl adjacent to an activating group) is 1. The summed E-state index contributed by atoms with van der Waals surface area (Å²) in [5, 5.41) is 6.81. The lowest BCUT2D eigenvalue weighted by Crippen LogP contribution is -2.37. The number of halogens is 2. The van der Waals surface area contributed by atoms with Crippen LogP contribution in [0.4, 0.5) is 11.5 Å². The number of anilines is 2. The minimum atomic E-state index is -0.493. The van der Waals surface area contributed by atoms with Gasteiger partial charge in [0, 0.05) is 47.2 Å². The van der Waals surface area contributed by atoms with E-state index in [1.54, 1.807) is 43.4 Å². The van der Waals surface area contributed by atoms with E-state index < -0.39 is 17.7 Å². The standard InChI is InChI=1S/C35H30Cl2N6O5/c1-21-9-12-23-6-4-8-28(33(23)41-21)48-20-25-26(36)13-14-27(32(25)37)43(2)31(45)19-40-30(44)16-11-22-10-15-29(39-18-22)42-34(46)24-7-5-17-38-35(24)47-3/h4-18H,19-20H2,1-3H3,(H,40,44)(H,39,42,46)/b16-11+. The maximum atomic E-state index is 13.0. The van der Waals surface area contributed by atoms with Gasteiger partial charge in [0.15, 0.2) is 0 Å². The molecule has 2 N–H and O–H groups in total. The Morgan fingerprint density at radius 2 is 1.81 bits per heavy atom. The number of aromatic nitrogens is 3. The predicted octanol–water partition coefficient (Wildman–Crippen LogP) is 6.27. The molecule has 2 aromatic carbocycles. The van der Waals surface area contributed by atoms with Crippen LogP contribution in [0.1, 0.15) is 27.2 Å². The lowest BCUT2D eigenvalue weighted by atomic mass is 10.1. The van der Waals surface area contributed by atoms with E-state index in [1.165, 1.54) is 36.6 Å². The molecule has 0 fully saturated rings. The molecule has 0 saturated carbocycles. The normalized spacial score (nSPS) is 10.9. The van der Waals surface area contributed by atoms with Gasteiger partial charge >= 0.3 is 0 Å². The number of hydrogen-bond donors (Lipinski definition) is 2. The second-order valence-corrected chi connectivity index (χ2v) is 11.2. The van der Waals surface area contributed by atoms with E-state index in [0.717, 1.165) is 16.6 Å². The van der Waals surface area contributed by atoms with Crippen molar-refractivity contribution in [3.05, 3.63) is 118 Å². The van der Waals surface area contributed by atoms with Crippen LogP contribution in [0.15, 0.2) is 85.2 Å². The third-order valence-corrected chi connectivity index (χ3v) is 7.95. The third-order valence-electron chi connectivity index (χ3n) is 7.17. The highest BCUT2D eigenvalue weighted by Crippen LogP contribution is 2.35. The van der Waals surface area contributed by atoms with Crippen LogP contribution in [0.25, 0.3) is 17.0 Å². The van der Waals surface area contributed by atoms with Gasteiger partial charge in [-0.1, -0.05) is 41.4 Å². The van der Waals surface area contributed by atoms with Crippen LogP contribution >= 0.6 is 23.2 Å². The van der Waals surface area contributed by atoms with Gasteiger partial charge in [0.05, 0.1) is 24.4 Å². The molecule has 0 radical (unpaired) electrons. The Morgan fingerprint density at radius 3 is 2.58 bits per heavy atom. The van der Waals surface area contributed by atoms with Crippen LogP contribution < -0.4 is 25.0 Å².